The first-order chi connectivity index (χ1) is 10.2. The average molecular weight is 282 g/mol. The van der Waals surface area contributed by atoms with Crippen molar-refractivity contribution >= 4 is 13.8 Å². The Morgan fingerprint density at radius 3 is 1.62 bits per heavy atom. The van der Waals surface area contributed by atoms with E-state index in [1.807, 2.05) is 41.5 Å². The van der Waals surface area contributed by atoms with Gasteiger partial charge >= 0.3 is 92.3 Å². The first-order valence-electron chi connectivity index (χ1n) is 8.31. The molecule has 2 rings (SSSR count). The molecule has 0 aromatic carbocycles. The summed E-state index contributed by atoms with van der Waals surface area (Å²) in [7, 11) is 0. The molecule has 0 unspecified atom stereocenters. The van der Waals surface area contributed by atoms with Gasteiger partial charge in [-0.25, -0.2) is 0 Å². The molecule has 0 aliphatic rings. The Kier molecular flexibility index (Phi) is 14.5. The van der Waals surface area contributed by atoms with Gasteiger partial charge in [0.05, 0.1) is 0 Å². The van der Waals surface area contributed by atoms with Crippen molar-refractivity contribution in [2.45, 2.75) is 62.3 Å². The van der Waals surface area contributed by atoms with Crippen molar-refractivity contribution in [1.82, 2.24) is 0 Å². The van der Waals surface area contributed by atoms with Crippen molar-refractivity contribution in [3.8, 4) is 10.9 Å². The molecule has 0 aliphatic carbocycles. The second-order valence-corrected chi connectivity index (χ2v) is 4.17. The molecule has 0 bridgehead atoms. The van der Waals surface area contributed by atoms with Gasteiger partial charge in [-0.05, 0) is 0 Å². The standard InChI is InChI=1S/C13H14B2.3C2H6/c1-9-7-8-13(15-11(9)3)12-6-4-5-10(2)14-12;3*1-2/h4-8H,1-3H3;3*1-2H3. The van der Waals surface area contributed by atoms with Crippen molar-refractivity contribution in [2.75, 3.05) is 0 Å². The van der Waals surface area contributed by atoms with E-state index in [9.17, 15) is 0 Å². The van der Waals surface area contributed by atoms with Crippen LogP contribution in [-0.4, -0.2) is 13.8 Å². The van der Waals surface area contributed by atoms with Gasteiger partial charge in [0.15, 0.2) is 0 Å². The van der Waals surface area contributed by atoms with Gasteiger partial charge in [-0.2, -0.15) is 0 Å². The third-order valence-electron chi connectivity index (χ3n) is 2.86. The summed E-state index contributed by atoms with van der Waals surface area (Å²) >= 11 is 0. The summed E-state index contributed by atoms with van der Waals surface area (Å²) in [4.78, 5) is 0. The fraction of sp³-hybridized carbons (Fsp3) is 0.474. The second kappa shape index (κ2) is 13.8. The minimum absolute atomic E-state index is 1.30. The van der Waals surface area contributed by atoms with Gasteiger partial charge in [-0.3, -0.25) is 0 Å². The third kappa shape index (κ3) is 7.99. The molecule has 0 saturated carbocycles. The van der Waals surface area contributed by atoms with Gasteiger partial charge < -0.3 is 0 Å². The molecule has 2 heteroatoms. The maximum absolute atomic E-state index is 2.25. The Balaban J connectivity index is 0. The van der Waals surface area contributed by atoms with Crippen LogP contribution in [0, 0.1) is 20.8 Å². The molecule has 0 amide bonds. The summed E-state index contributed by atoms with van der Waals surface area (Å²) in [5.74, 6) is 0. The minimum atomic E-state index is 1.30. The SMILES string of the molecule is CC.CC.CC.Cc1bc(-c2bc(C)c(C)cc2)ccc1. The molecule has 2 aromatic heterocycles. The van der Waals surface area contributed by atoms with E-state index < -0.39 is 0 Å². The van der Waals surface area contributed by atoms with Gasteiger partial charge in [-0.1, -0.05) is 41.5 Å². The van der Waals surface area contributed by atoms with E-state index in [0.29, 0.717) is 0 Å². The Hall–Kier alpha value is -1.17. The van der Waals surface area contributed by atoms with E-state index in [-0.39, 0.29) is 0 Å². The van der Waals surface area contributed by atoms with Gasteiger partial charge in [-0.15, -0.1) is 0 Å². The summed E-state index contributed by atoms with van der Waals surface area (Å²) in [6.45, 7) is 22.9. The van der Waals surface area contributed by atoms with Gasteiger partial charge in [0.1, 0.15) is 0 Å². The Morgan fingerprint density at radius 2 is 1.14 bits per heavy atom. The van der Waals surface area contributed by atoms with Crippen LogP contribution >= 0.6 is 0 Å². The van der Waals surface area contributed by atoms with Crippen LogP contribution in [0.25, 0.3) is 10.9 Å². The Morgan fingerprint density at radius 1 is 0.619 bits per heavy atom. The van der Waals surface area contributed by atoms with E-state index in [4.69, 9.17) is 0 Å². The average Bonchev–Trinajstić information content (AvgIpc) is 2.56. The number of hydrogen-bond donors (Lipinski definition) is 0. The predicted octanol–water partition coefficient (Wildman–Crippen LogP) is 6.03. The molecular weight excluding hydrogens is 250 g/mol. The van der Waals surface area contributed by atoms with Gasteiger partial charge in [0, 0.05) is 0 Å². The summed E-state index contributed by atoms with van der Waals surface area (Å²) in [6, 6.07) is 10.8. The van der Waals surface area contributed by atoms with Crippen LogP contribution in [-0.2, 0) is 0 Å². The normalized spacial score (nSPS) is 7.86. The van der Waals surface area contributed by atoms with Gasteiger partial charge in [0.2, 0.25) is 0 Å². The van der Waals surface area contributed by atoms with Crippen LogP contribution in [0.3, 0.4) is 0 Å². The topological polar surface area (TPSA) is 0 Å². The Bertz CT molecular complexity index is 491. The van der Waals surface area contributed by atoms with Crippen LogP contribution in [0.1, 0.15) is 58.0 Å². The predicted molar refractivity (Wildman–Crippen MR) is 103 cm³/mol. The molecule has 21 heavy (non-hydrogen) atoms. The molecule has 2 heterocycles. The van der Waals surface area contributed by atoms with Crippen LogP contribution < -0.4 is 0 Å². The quantitative estimate of drug-likeness (QED) is 0.598. The monoisotopic (exact) mass is 282 g/mol. The van der Waals surface area contributed by atoms with E-state index >= 15 is 0 Å². The summed E-state index contributed by atoms with van der Waals surface area (Å²) in [5, 5.41) is 0. The number of aryl methyl sites for hydroxylation is 3. The van der Waals surface area contributed by atoms with E-state index in [0.717, 1.165) is 0 Å². The van der Waals surface area contributed by atoms with Crippen molar-refractivity contribution in [3.05, 3.63) is 46.8 Å². The van der Waals surface area contributed by atoms with Crippen LogP contribution in [0.4, 0.5) is 0 Å². The molecule has 0 radical (unpaired) electrons. The van der Waals surface area contributed by atoms with E-state index in [1.165, 1.54) is 27.4 Å². The molecule has 114 valence electrons. The summed E-state index contributed by atoms with van der Waals surface area (Å²) < 4.78 is 0. The van der Waals surface area contributed by atoms with Crippen molar-refractivity contribution in [2.24, 2.45) is 0 Å². The Labute approximate surface area is 134 Å². The molecule has 0 atom stereocenters. The molecule has 2 aromatic rings. The molecule has 0 aliphatic heterocycles. The fourth-order valence-corrected chi connectivity index (χ4v) is 1.75. The van der Waals surface area contributed by atoms with Crippen molar-refractivity contribution < 1.29 is 0 Å². The van der Waals surface area contributed by atoms with Crippen LogP contribution in [0.15, 0.2) is 30.3 Å². The van der Waals surface area contributed by atoms with Crippen LogP contribution in [0.5, 0.6) is 0 Å². The molecular formula is C19H32B2. The molecule has 0 spiro atoms. The molecule has 0 saturated heterocycles. The maximum atomic E-state index is 2.25. The summed E-state index contributed by atoms with van der Waals surface area (Å²) in [5.41, 5.74) is 6.63. The zero-order valence-electron chi connectivity index (χ0n) is 15.5. The van der Waals surface area contributed by atoms with Crippen molar-refractivity contribution in [1.29, 1.82) is 0 Å². The third-order valence-corrected chi connectivity index (χ3v) is 2.86. The first kappa shape index (κ1) is 22.1. The number of hydrogen-bond acceptors (Lipinski definition) is 0. The van der Waals surface area contributed by atoms with E-state index in [1.54, 1.807) is 0 Å². The first-order valence-corrected chi connectivity index (χ1v) is 8.31. The van der Waals surface area contributed by atoms with Gasteiger partial charge in [0.25, 0.3) is 0 Å². The number of rotatable bonds is 1. The zero-order chi connectivity index (χ0) is 16.8. The molecule has 0 fully saturated rings. The fourth-order valence-electron chi connectivity index (χ4n) is 1.75. The second-order valence-electron chi connectivity index (χ2n) is 4.17. The molecule has 0 N–H and O–H groups in total. The zero-order valence-corrected chi connectivity index (χ0v) is 15.5. The van der Waals surface area contributed by atoms with Crippen molar-refractivity contribution in [3.63, 3.8) is 0 Å². The van der Waals surface area contributed by atoms with E-state index in [2.05, 4.69) is 64.9 Å². The van der Waals surface area contributed by atoms with Crippen LogP contribution in [0.2, 0.25) is 0 Å². The molecule has 0 nitrogen and oxygen atoms in total. The summed E-state index contributed by atoms with van der Waals surface area (Å²) in [6.07, 6.45) is 0.